The van der Waals surface area contributed by atoms with Crippen molar-refractivity contribution in [2.45, 2.75) is 19.0 Å². The SMILES string of the molecule is CC1(c2ccccc2)NC(=O)N(Cc2ccccc2)C1=O. The molecule has 3 amide bonds. The van der Waals surface area contributed by atoms with Gasteiger partial charge in [0.15, 0.2) is 0 Å². The number of amides is 3. The minimum Gasteiger partial charge on any atom is -0.319 e. The van der Waals surface area contributed by atoms with Gasteiger partial charge < -0.3 is 5.32 Å². The average molecular weight is 280 g/mol. The van der Waals surface area contributed by atoms with Crippen molar-refractivity contribution >= 4 is 11.9 Å². The second-order valence-corrected chi connectivity index (χ2v) is 5.30. The summed E-state index contributed by atoms with van der Waals surface area (Å²) in [6.07, 6.45) is 0. The Hall–Kier alpha value is -2.62. The van der Waals surface area contributed by atoms with Gasteiger partial charge in [0.1, 0.15) is 5.54 Å². The molecule has 1 aliphatic rings. The Kier molecular flexibility index (Phi) is 3.22. The van der Waals surface area contributed by atoms with Crippen LogP contribution in [0.25, 0.3) is 0 Å². The van der Waals surface area contributed by atoms with Crippen LogP contribution in [0.4, 0.5) is 4.79 Å². The fourth-order valence-electron chi connectivity index (χ4n) is 2.57. The van der Waals surface area contributed by atoms with E-state index in [1.165, 1.54) is 4.90 Å². The van der Waals surface area contributed by atoms with Crippen LogP contribution in [0, 0.1) is 0 Å². The molecule has 1 fully saturated rings. The van der Waals surface area contributed by atoms with E-state index in [0.29, 0.717) is 0 Å². The van der Waals surface area contributed by atoms with Crippen LogP contribution in [-0.4, -0.2) is 16.8 Å². The lowest BCUT2D eigenvalue weighted by atomic mass is 9.92. The Balaban J connectivity index is 1.89. The largest absolute Gasteiger partial charge is 0.325 e. The van der Waals surface area contributed by atoms with Crippen molar-refractivity contribution in [3.05, 3.63) is 71.8 Å². The number of benzene rings is 2. The Morgan fingerprint density at radius 2 is 1.52 bits per heavy atom. The van der Waals surface area contributed by atoms with E-state index in [1.54, 1.807) is 6.92 Å². The number of hydrogen-bond acceptors (Lipinski definition) is 2. The zero-order chi connectivity index (χ0) is 14.9. The van der Waals surface area contributed by atoms with Crippen LogP contribution >= 0.6 is 0 Å². The summed E-state index contributed by atoms with van der Waals surface area (Å²) in [7, 11) is 0. The minimum absolute atomic E-state index is 0.220. The van der Waals surface area contributed by atoms with Crippen molar-refractivity contribution in [3.63, 3.8) is 0 Å². The molecule has 1 unspecified atom stereocenters. The Morgan fingerprint density at radius 3 is 2.14 bits per heavy atom. The van der Waals surface area contributed by atoms with Gasteiger partial charge in [0, 0.05) is 0 Å². The van der Waals surface area contributed by atoms with E-state index in [4.69, 9.17) is 0 Å². The van der Waals surface area contributed by atoms with Gasteiger partial charge in [-0.3, -0.25) is 9.69 Å². The summed E-state index contributed by atoms with van der Waals surface area (Å²) < 4.78 is 0. The molecule has 2 aromatic carbocycles. The third-order valence-corrected chi connectivity index (χ3v) is 3.81. The lowest BCUT2D eigenvalue weighted by molar-refractivity contribution is -0.131. The Bertz CT molecular complexity index is 670. The number of rotatable bonds is 3. The Labute approximate surface area is 123 Å². The van der Waals surface area contributed by atoms with Gasteiger partial charge in [-0.05, 0) is 18.1 Å². The molecule has 4 heteroatoms. The summed E-state index contributed by atoms with van der Waals surface area (Å²) in [5, 5.41) is 2.80. The number of imide groups is 1. The first kappa shape index (κ1) is 13.4. The zero-order valence-corrected chi connectivity index (χ0v) is 11.7. The maximum Gasteiger partial charge on any atom is 0.325 e. The van der Waals surface area contributed by atoms with Crippen LogP contribution < -0.4 is 5.32 Å². The predicted molar refractivity (Wildman–Crippen MR) is 79.3 cm³/mol. The van der Waals surface area contributed by atoms with Crippen LogP contribution in [0.1, 0.15) is 18.1 Å². The summed E-state index contributed by atoms with van der Waals surface area (Å²) in [6.45, 7) is 2.03. The highest BCUT2D eigenvalue weighted by atomic mass is 16.2. The van der Waals surface area contributed by atoms with E-state index in [9.17, 15) is 9.59 Å². The van der Waals surface area contributed by atoms with Crippen molar-refractivity contribution < 1.29 is 9.59 Å². The molecule has 106 valence electrons. The molecule has 1 heterocycles. The first-order valence-electron chi connectivity index (χ1n) is 6.85. The second kappa shape index (κ2) is 5.05. The maximum atomic E-state index is 12.7. The number of carbonyl (C=O) groups is 2. The smallest absolute Gasteiger partial charge is 0.319 e. The summed E-state index contributed by atoms with van der Waals surface area (Å²) in [4.78, 5) is 26.1. The van der Waals surface area contributed by atoms with Gasteiger partial charge in [-0.15, -0.1) is 0 Å². The van der Waals surface area contributed by atoms with Crippen molar-refractivity contribution in [1.82, 2.24) is 10.2 Å². The second-order valence-electron chi connectivity index (χ2n) is 5.30. The monoisotopic (exact) mass is 280 g/mol. The van der Waals surface area contributed by atoms with Gasteiger partial charge in [-0.25, -0.2) is 4.79 Å². The molecule has 1 aliphatic heterocycles. The molecule has 0 aliphatic carbocycles. The molecule has 1 N–H and O–H groups in total. The molecule has 0 aromatic heterocycles. The summed E-state index contributed by atoms with van der Waals surface area (Å²) in [5.74, 6) is -0.220. The highest BCUT2D eigenvalue weighted by Crippen LogP contribution is 2.29. The van der Waals surface area contributed by atoms with Gasteiger partial charge >= 0.3 is 6.03 Å². The number of nitrogens with zero attached hydrogens (tertiary/aromatic N) is 1. The molecule has 1 saturated heterocycles. The molecule has 0 saturated carbocycles. The van der Waals surface area contributed by atoms with Crippen LogP contribution in [-0.2, 0) is 16.9 Å². The first-order chi connectivity index (χ1) is 10.1. The standard InChI is InChI=1S/C17H16N2O2/c1-17(14-10-6-3-7-11-14)15(20)19(16(21)18-17)12-13-8-4-2-5-9-13/h2-11H,12H2,1H3,(H,18,21). The number of hydrogen-bond donors (Lipinski definition) is 1. The lowest BCUT2D eigenvalue weighted by Crippen LogP contribution is -2.40. The fraction of sp³-hybridized carbons (Fsp3) is 0.176. The van der Waals surface area contributed by atoms with Crippen molar-refractivity contribution in [3.8, 4) is 0 Å². The van der Waals surface area contributed by atoms with Gasteiger partial charge in [-0.2, -0.15) is 0 Å². The molecule has 1 atom stereocenters. The molecule has 4 nitrogen and oxygen atoms in total. The van der Waals surface area contributed by atoms with E-state index < -0.39 is 5.54 Å². The topological polar surface area (TPSA) is 49.4 Å². The molecule has 2 aromatic rings. The van der Waals surface area contributed by atoms with Crippen LogP contribution in [0.3, 0.4) is 0 Å². The highest BCUT2D eigenvalue weighted by Gasteiger charge is 2.48. The fourth-order valence-corrected chi connectivity index (χ4v) is 2.57. The maximum absolute atomic E-state index is 12.7. The van der Waals surface area contributed by atoms with E-state index in [-0.39, 0.29) is 18.5 Å². The van der Waals surface area contributed by atoms with Crippen LogP contribution in [0.15, 0.2) is 60.7 Å². The molecule has 0 radical (unpaired) electrons. The van der Waals surface area contributed by atoms with E-state index >= 15 is 0 Å². The summed E-state index contributed by atoms with van der Waals surface area (Å²) in [6, 6.07) is 18.5. The quantitative estimate of drug-likeness (QED) is 0.879. The van der Waals surface area contributed by atoms with Crippen LogP contribution in [0.2, 0.25) is 0 Å². The number of carbonyl (C=O) groups excluding carboxylic acids is 2. The number of nitrogens with one attached hydrogen (secondary N) is 1. The van der Waals surface area contributed by atoms with Gasteiger partial charge in [0.05, 0.1) is 6.54 Å². The van der Waals surface area contributed by atoms with Gasteiger partial charge in [-0.1, -0.05) is 60.7 Å². The van der Waals surface area contributed by atoms with E-state index in [1.807, 2.05) is 60.7 Å². The van der Waals surface area contributed by atoms with Gasteiger partial charge in [0.25, 0.3) is 5.91 Å². The third kappa shape index (κ3) is 2.29. The summed E-state index contributed by atoms with van der Waals surface area (Å²) in [5.41, 5.74) is 0.727. The first-order valence-corrected chi connectivity index (χ1v) is 6.85. The molecule has 21 heavy (non-hydrogen) atoms. The third-order valence-electron chi connectivity index (χ3n) is 3.81. The zero-order valence-electron chi connectivity index (χ0n) is 11.7. The molecular weight excluding hydrogens is 264 g/mol. The minimum atomic E-state index is -0.993. The summed E-state index contributed by atoms with van der Waals surface area (Å²) >= 11 is 0. The predicted octanol–water partition coefficient (Wildman–Crippen LogP) is 2.65. The lowest BCUT2D eigenvalue weighted by Gasteiger charge is -2.22. The van der Waals surface area contributed by atoms with E-state index in [2.05, 4.69) is 5.32 Å². The molecule has 0 bridgehead atoms. The average Bonchev–Trinajstić information content (AvgIpc) is 2.74. The Morgan fingerprint density at radius 1 is 0.952 bits per heavy atom. The van der Waals surface area contributed by atoms with Gasteiger partial charge in [0.2, 0.25) is 0 Å². The molecular formula is C17H16N2O2. The van der Waals surface area contributed by atoms with Crippen molar-refractivity contribution in [1.29, 1.82) is 0 Å². The highest BCUT2D eigenvalue weighted by molar-refractivity contribution is 6.07. The number of urea groups is 1. The normalized spacial score (nSPS) is 21.5. The van der Waals surface area contributed by atoms with Crippen molar-refractivity contribution in [2.75, 3.05) is 0 Å². The van der Waals surface area contributed by atoms with E-state index in [0.717, 1.165) is 11.1 Å². The van der Waals surface area contributed by atoms with Crippen molar-refractivity contribution in [2.24, 2.45) is 0 Å². The van der Waals surface area contributed by atoms with Crippen LogP contribution in [0.5, 0.6) is 0 Å². The molecule has 0 spiro atoms. The molecule has 3 rings (SSSR count).